The van der Waals surface area contributed by atoms with Gasteiger partial charge in [0.15, 0.2) is 0 Å². The van der Waals surface area contributed by atoms with Crippen LogP contribution in [0, 0.1) is 5.41 Å². The molecule has 14 heavy (non-hydrogen) atoms. The molecule has 4 nitrogen and oxygen atoms in total. The van der Waals surface area contributed by atoms with Crippen LogP contribution in [0.2, 0.25) is 0 Å². The van der Waals surface area contributed by atoms with E-state index in [0.29, 0.717) is 25.9 Å². The fraction of sp³-hybridized carbons (Fsp3) is 0.900. The topological polar surface area (TPSA) is 66.8 Å². The molecule has 1 rings (SSSR count). The largest absolute Gasteiger partial charge is 0.481 e. The summed E-state index contributed by atoms with van der Waals surface area (Å²) >= 11 is 0. The van der Waals surface area contributed by atoms with Crippen molar-refractivity contribution in [3.8, 4) is 0 Å². The number of ether oxygens (including phenoxy) is 1. The minimum Gasteiger partial charge on any atom is -0.481 e. The van der Waals surface area contributed by atoms with E-state index in [-0.39, 0.29) is 6.61 Å². The molecule has 0 aromatic rings. The highest BCUT2D eigenvalue weighted by atomic mass is 16.5. The van der Waals surface area contributed by atoms with Crippen LogP contribution in [0.3, 0.4) is 0 Å². The fourth-order valence-corrected chi connectivity index (χ4v) is 1.81. The molecule has 0 aromatic heterocycles. The van der Waals surface area contributed by atoms with Crippen LogP contribution in [0.25, 0.3) is 0 Å². The van der Waals surface area contributed by atoms with E-state index in [1.807, 2.05) is 0 Å². The first-order valence-electron chi connectivity index (χ1n) is 5.06. The Labute approximate surface area is 83.9 Å². The highest BCUT2D eigenvalue weighted by molar-refractivity contribution is 5.74. The lowest BCUT2D eigenvalue weighted by Gasteiger charge is -2.33. The second kappa shape index (κ2) is 4.75. The Bertz CT molecular complexity index is 194. The lowest BCUT2D eigenvalue weighted by atomic mass is 9.78. The van der Waals surface area contributed by atoms with E-state index in [0.717, 1.165) is 6.42 Å². The summed E-state index contributed by atoms with van der Waals surface area (Å²) in [5, 5.41) is 18.3. The number of aliphatic hydroxyl groups excluding tert-OH is 1. The average molecular weight is 202 g/mol. The van der Waals surface area contributed by atoms with Crippen molar-refractivity contribution in [3.05, 3.63) is 0 Å². The Hall–Kier alpha value is -0.610. The Balaban J connectivity index is 2.56. The van der Waals surface area contributed by atoms with Crippen LogP contribution in [0.1, 0.15) is 32.6 Å². The van der Waals surface area contributed by atoms with Gasteiger partial charge in [-0.1, -0.05) is 0 Å². The number of rotatable bonds is 4. The second-order valence-electron chi connectivity index (χ2n) is 4.13. The predicted octanol–water partition coefficient (Wildman–Crippen LogP) is 1.03. The number of aliphatic carboxylic acids is 1. The molecule has 0 amide bonds. The molecule has 1 saturated heterocycles. The average Bonchev–Trinajstić information content (AvgIpc) is 2.16. The molecule has 1 aliphatic heterocycles. The Kier molecular flexibility index (Phi) is 3.89. The zero-order chi connectivity index (χ0) is 10.6. The summed E-state index contributed by atoms with van der Waals surface area (Å²) in [6, 6.07) is 0. The van der Waals surface area contributed by atoms with Gasteiger partial charge in [-0.3, -0.25) is 4.79 Å². The molecule has 1 fully saturated rings. The van der Waals surface area contributed by atoms with Crippen molar-refractivity contribution in [2.24, 2.45) is 5.41 Å². The minimum absolute atomic E-state index is 0.287. The smallest absolute Gasteiger partial charge is 0.311 e. The van der Waals surface area contributed by atoms with Crippen LogP contribution in [0.15, 0.2) is 0 Å². The third-order valence-corrected chi connectivity index (χ3v) is 2.82. The summed E-state index contributed by atoms with van der Waals surface area (Å²) in [5.74, 6) is -0.794. The number of carbonyl (C=O) groups is 1. The van der Waals surface area contributed by atoms with Crippen molar-refractivity contribution < 1.29 is 19.7 Å². The third kappa shape index (κ3) is 2.69. The highest BCUT2D eigenvalue weighted by Crippen LogP contribution is 2.34. The van der Waals surface area contributed by atoms with Crippen molar-refractivity contribution in [3.63, 3.8) is 0 Å². The summed E-state index contributed by atoms with van der Waals surface area (Å²) in [4.78, 5) is 11.1. The number of carboxylic acid groups (broad SMARTS) is 1. The highest BCUT2D eigenvalue weighted by Gasteiger charge is 2.40. The molecule has 2 N–H and O–H groups in total. The van der Waals surface area contributed by atoms with Gasteiger partial charge in [-0.15, -0.1) is 0 Å². The molecule has 0 aliphatic carbocycles. The van der Waals surface area contributed by atoms with Crippen molar-refractivity contribution in [1.82, 2.24) is 0 Å². The number of hydrogen-bond acceptors (Lipinski definition) is 3. The van der Waals surface area contributed by atoms with Gasteiger partial charge >= 0.3 is 5.97 Å². The Morgan fingerprint density at radius 1 is 1.64 bits per heavy atom. The van der Waals surface area contributed by atoms with Gasteiger partial charge in [0.2, 0.25) is 0 Å². The molecule has 0 bridgehead atoms. The number of hydrogen-bond donors (Lipinski definition) is 2. The van der Waals surface area contributed by atoms with E-state index in [9.17, 15) is 4.79 Å². The van der Waals surface area contributed by atoms with Gasteiger partial charge in [0.25, 0.3) is 0 Å². The SMILES string of the molecule is CC(O)CCC1(C(=O)O)CCCOC1. The first-order valence-corrected chi connectivity index (χ1v) is 5.06. The molecular formula is C10H18O4. The second-order valence-corrected chi connectivity index (χ2v) is 4.13. The molecule has 0 saturated carbocycles. The van der Waals surface area contributed by atoms with E-state index < -0.39 is 17.5 Å². The fourth-order valence-electron chi connectivity index (χ4n) is 1.81. The molecular weight excluding hydrogens is 184 g/mol. The molecule has 4 heteroatoms. The quantitative estimate of drug-likeness (QED) is 0.714. The summed E-state index contributed by atoms with van der Waals surface area (Å²) in [7, 11) is 0. The zero-order valence-electron chi connectivity index (χ0n) is 8.53. The van der Waals surface area contributed by atoms with Crippen LogP contribution in [0.4, 0.5) is 0 Å². The van der Waals surface area contributed by atoms with Crippen molar-refractivity contribution >= 4 is 5.97 Å². The molecule has 0 radical (unpaired) electrons. The van der Waals surface area contributed by atoms with E-state index in [2.05, 4.69) is 0 Å². The van der Waals surface area contributed by atoms with E-state index in [1.165, 1.54) is 0 Å². The van der Waals surface area contributed by atoms with Gasteiger partial charge in [0, 0.05) is 6.61 Å². The normalized spacial score (nSPS) is 29.9. The minimum atomic E-state index is -0.794. The van der Waals surface area contributed by atoms with E-state index in [1.54, 1.807) is 6.92 Å². The van der Waals surface area contributed by atoms with Crippen LogP contribution in [-0.4, -0.2) is 35.5 Å². The predicted molar refractivity (Wildman–Crippen MR) is 51.0 cm³/mol. The third-order valence-electron chi connectivity index (χ3n) is 2.82. The molecule has 1 aliphatic rings. The molecule has 2 unspecified atom stereocenters. The molecule has 0 aromatic carbocycles. The van der Waals surface area contributed by atoms with Gasteiger partial charge in [0.05, 0.1) is 18.1 Å². The lowest BCUT2D eigenvalue weighted by Crippen LogP contribution is -2.39. The first-order chi connectivity index (χ1) is 6.57. The van der Waals surface area contributed by atoms with E-state index in [4.69, 9.17) is 14.9 Å². The van der Waals surface area contributed by atoms with Gasteiger partial charge < -0.3 is 14.9 Å². The summed E-state index contributed by atoms with van der Waals surface area (Å²) in [5.41, 5.74) is -0.755. The van der Waals surface area contributed by atoms with Crippen LogP contribution in [0.5, 0.6) is 0 Å². The number of carboxylic acids is 1. The molecule has 1 heterocycles. The van der Waals surface area contributed by atoms with Crippen molar-refractivity contribution in [1.29, 1.82) is 0 Å². The molecule has 82 valence electrons. The monoisotopic (exact) mass is 202 g/mol. The van der Waals surface area contributed by atoms with Gasteiger partial charge in [-0.05, 0) is 32.6 Å². The Morgan fingerprint density at radius 3 is 2.79 bits per heavy atom. The summed E-state index contributed by atoms with van der Waals surface area (Å²) < 4.78 is 5.22. The van der Waals surface area contributed by atoms with Crippen LogP contribution < -0.4 is 0 Å². The summed E-state index contributed by atoms with van der Waals surface area (Å²) in [6.07, 6.45) is 2.05. The maximum atomic E-state index is 11.1. The van der Waals surface area contributed by atoms with Crippen LogP contribution >= 0.6 is 0 Å². The maximum absolute atomic E-state index is 11.1. The standard InChI is InChI=1S/C10H18O4/c1-8(11)3-5-10(9(12)13)4-2-6-14-7-10/h8,11H,2-7H2,1H3,(H,12,13). The van der Waals surface area contributed by atoms with Gasteiger partial charge in [0.1, 0.15) is 0 Å². The first kappa shape index (κ1) is 11.5. The lowest BCUT2D eigenvalue weighted by molar-refractivity contribution is -0.158. The number of aliphatic hydroxyl groups is 1. The van der Waals surface area contributed by atoms with Gasteiger partial charge in [-0.2, -0.15) is 0 Å². The van der Waals surface area contributed by atoms with Crippen molar-refractivity contribution in [2.45, 2.75) is 38.7 Å². The van der Waals surface area contributed by atoms with Gasteiger partial charge in [-0.25, -0.2) is 0 Å². The zero-order valence-corrected chi connectivity index (χ0v) is 8.53. The summed E-state index contributed by atoms with van der Waals surface area (Å²) in [6.45, 7) is 2.62. The van der Waals surface area contributed by atoms with Crippen LogP contribution in [-0.2, 0) is 9.53 Å². The molecule has 2 atom stereocenters. The van der Waals surface area contributed by atoms with Crippen molar-refractivity contribution in [2.75, 3.05) is 13.2 Å². The molecule has 0 spiro atoms. The van der Waals surface area contributed by atoms with E-state index >= 15 is 0 Å². The Morgan fingerprint density at radius 2 is 2.36 bits per heavy atom. The maximum Gasteiger partial charge on any atom is 0.311 e.